The predicted molar refractivity (Wildman–Crippen MR) is 150 cm³/mol. The third-order valence-corrected chi connectivity index (χ3v) is 7.48. The fourth-order valence-electron chi connectivity index (χ4n) is 3.76. The van der Waals surface area contributed by atoms with Gasteiger partial charge >= 0.3 is 0 Å². The molecule has 0 unspecified atom stereocenters. The van der Waals surface area contributed by atoms with Crippen LogP contribution in [-0.2, 0) is 11.4 Å². The minimum absolute atomic E-state index is 0.140. The van der Waals surface area contributed by atoms with Crippen LogP contribution in [0.5, 0.6) is 0 Å². The van der Waals surface area contributed by atoms with Crippen molar-refractivity contribution in [2.75, 3.05) is 0 Å². The molecule has 0 radical (unpaired) electrons. The molecule has 192 valence electrons. The Balaban J connectivity index is 1.39. The maximum Gasteiger partial charge on any atom is 0.147 e. The van der Waals surface area contributed by atoms with Crippen LogP contribution in [0.3, 0.4) is 0 Å². The van der Waals surface area contributed by atoms with Gasteiger partial charge in [-0.1, -0.05) is 58.3 Å². The number of nitrogens with zero attached hydrogens (tertiary/aromatic N) is 5. The number of aromatic nitrogens is 4. The second-order valence-corrected chi connectivity index (χ2v) is 10.2. The fraction of sp³-hybridized carbons (Fsp3) is 0.107. The molecule has 0 aliphatic rings. The lowest BCUT2D eigenvalue weighted by Gasteiger charge is -2.08. The van der Waals surface area contributed by atoms with E-state index in [1.54, 1.807) is 35.2 Å². The van der Waals surface area contributed by atoms with Gasteiger partial charge in [-0.3, -0.25) is 0 Å². The minimum atomic E-state index is -0.286. The Kier molecular flexibility index (Phi) is 7.83. The molecule has 2 aromatic heterocycles. The molecule has 6 nitrogen and oxygen atoms in total. The number of para-hydroxylation sites is 1. The van der Waals surface area contributed by atoms with E-state index in [-0.39, 0.29) is 12.4 Å². The zero-order chi connectivity index (χ0) is 26.6. The minimum Gasteiger partial charge on any atom is -0.391 e. The van der Waals surface area contributed by atoms with Gasteiger partial charge in [0.25, 0.3) is 0 Å². The molecule has 0 amide bonds. The highest BCUT2D eigenvalue weighted by molar-refractivity contribution is 7.99. The molecule has 0 spiro atoms. The van der Waals surface area contributed by atoms with Crippen molar-refractivity contribution in [1.29, 1.82) is 0 Å². The lowest BCUT2D eigenvalue weighted by molar-refractivity contribution is 0.131. The maximum atomic E-state index is 13.5. The van der Waals surface area contributed by atoms with Crippen LogP contribution in [0.25, 0.3) is 11.4 Å². The zero-order valence-electron chi connectivity index (χ0n) is 20.5. The van der Waals surface area contributed by atoms with Crippen LogP contribution in [0.4, 0.5) is 4.39 Å². The first-order valence-corrected chi connectivity index (χ1v) is 13.2. The molecule has 2 heterocycles. The third kappa shape index (κ3) is 5.62. The lowest BCUT2D eigenvalue weighted by atomic mass is 10.3. The highest BCUT2D eigenvalue weighted by atomic mass is 35.5. The van der Waals surface area contributed by atoms with Gasteiger partial charge in [-0.05, 0) is 74.5 Å². The molecule has 0 bridgehead atoms. The van der Waals surface area contributed by atoms with Gasteiger partial charge in [-0.2, -0.15) is 10.2 Å². The number of oxime groups is 1. The lowest BCUT2D eigenvalue weighted by Crippen LogP contribution is -1.99. The standard InChI is InChI=1S/C28H22Cl2FN5OS/c1-18-25(16-32-37-17-26-19(2)33-35(27(26)30)23-12-8-20(29)9-13-23)28(38-24-14-10-21(31)11-15-24)36(34-18)22-6-4-3-5-7-22/h3-16H,17H2,1-2H3/b32-16+. The summed E-state index contributed by atoms with van der Waals surface area (Å²) >= 11 is 14.1. The van der Waals surface area contributed by atoms with Crippen LogP contribution < -0.4 is 0 Å². The summed E-state index contributed by atoms with van der Waals surface area (Å²) in [6.45, 7) is 3.92. The summed E-state index contributed by atoms with van der Waals surface area (Å²) in [5.41, 5.74) is 4.73. The van der Waals surface area contributed by atoms with Gasteiger partial charge in [0.2, 0.25) is 0 Å². The van der Waals surface area contributed by atoms with Crippen molar-refractivity contribution in [3.63, 3.8) is 0 Å². The highest BCUT2D eigenvalue weighted by Crippen LogP contribution is 2.33. The highest BCUT2D eigenvalue weighted by Gasteiger charge is 2.18. The second-order valence-electron chi connectivity index (χ2n) is 8.36. The molecule has 10 heteroatoms. The molecule has 5 rings (SSSR count). The fourth-order valence-corrected chi connectivity index (χ4v) is 5.26. The van der Waals surface area contributed by atoms with E-state index in [1.165, 1.54) is 23.9 Å². The van der Waals surface area contributed by atoms with E-state index < -0.39 is 0 Å². The quantitative estimate of drug-likeness (QED) is 0.142. The maximum absolute atomic E-state index is 13.5. The Morgan fingerprint density at radius 3 is 2.24 bits per heavy atom. The van der Waals surface area contributed by atoms with E-state index in [0.29, 0.717) is 10.2 Å². The first kappa shape index (κ1) is 26.0. The van der Waals surface area contributed by atoms with Crippen molar-refractivity contribution < 1.29 is 9.23 Å². The van der Waals surface area contributed by atoms with E-state index in [0.717, 1.165) is 43.8 Å². The molecule has 0 aliphatic carbocycles. The van der Waals surface area contributed by atoms with Crippen molar-refractivity contribution >= 4 is 41.2 Å². The zero-order valence-corrected chi connectivity index (χ0v) is 22.8. The first-order valence-electron chi connectivity index (χ1n) is 11.6. The summed E-state index contributed by atoms with van der Waals surface area (Å²) in [6.07, 6.45) is 1.64. The molecule has 0 aliphatic heterocycles. The van der Waals surface area contributed by atoms with Crippen LogP contribution in [0.15, 0.2) is 93.9 Å². The summed E-state index contributed by atoms with van der Waals surface area (Å²) < 4.78 is 17.0. The van der Waals surface area contributed by atoms with Crippen LogP contribution in [-0.4, -0.2) is 25.8 Å². The molecule has 0 saturated carbocycles. The summed E-state index contributed by atoms with van der Waals surface area (Å²) in [6, 6.07) is 23.4. The van der Waals surface area contributed by atoms with Gasteiger partial charge in [-0.15, -0.1) is 0 Å². The van der Waals surface area contributed by atoms with Gasteiger partial charge < -0.3 is 4.84 Å². The van der Waals surface area contributed by atoms with E-state index in [2.05, 4.69) is 10.3 Å². The molecular weight excluding hydrogens is 544 g/mol. The number of benzene rings is 3. The second kappa shape index (κ2) is 11.4. The molecule has 38 heavy (non-hydrogen) atoms. The summed E-state index contributed by atoms with van der Waals surface area (Å²) in [7, 11) is 0. The van der Waals surface area contributed by atoms with Crippen molar-refractivity contribution in [2.45, 2.75) is 30.4 Å². The van der Waals surface area contributed by atoms with Gasteiger partial charge in [0.1, 0.15) is 22.6 Å². The van der Waals surface area contributed by atoms with Crippen molar-refractivity contribution in [3.05, 3.63) is 117 Å². The number of halogens is 3. The van der Waals surface area contributed by atoms with E-state index >= 15 is 0 Å². The number of hydrogen-bond donors (Lipinski definition) is 0. The van der Waals surface area contributed by atoms with Crippen LogP contribution in [0.2, 0.25) is 10.2 Å². The molecule has 0 saturated heterocycles. The Morgan fingerprint density at radius 1 is 0.868 bits per heavy atom. The monoisotopic (exact) mass is 565 g/mol. The Morgan fingerprint density at radius 2 is 1.53 bits per heavy atom. The van der Waals surface area contributed by atoms with Crippen molar-refractivity contribution in [1.82, 2.24) is 19.6 Å². The molecule has 0 N–H and O–H groups in total. The SMILES string of the molecule is Cc1nn(-c2ccccc2)c(Sc2ccc(F)cc2)c1/C=N/OCc1c(C)nn(-c2ccc(Cl)cc2)c1Cl. The van der Waals surface area contributed by atoms with Crippen LogP contribution in [0.1, 0.15) is 22.5 Å². The van der Waals surface area contributed by atoms with Gasteiger partial charge in [0.05, 0.1) is 40.1 Å². The molecule has 5 aromatic rings. The Labute approximate surface area is 233 Å². The molecule has 0 fully saturated rings. The first-order chi connectivity index (χ1) is 18.4. The van der Waals surface area contributed by atoms with E-state index in [1.807, 2.05) is 61.0 Å². The summed E-state index contributed by atoms with van der Waals surface area (Å²) in [4.78, 5) is 6.53. The van der Waals surface area contributed by atoms with Crippen LogP contribution in [0, 0.1) is 19.7 Å². The normalized spacial score (nSPS) is 11.4. The number of aryl methyl sites for hydroxylation is 2. The van der Waals surface area contributed by atoms with Gasteiger partial charge in [0.15, 0.2) is 0 Å². The number of hydrogen-bond acceptors (Lipinski definition) is 5. The van der Waals surface area contributed by atoms with Crippen molar-refractivity contribution in [3.8, 4) is 11.4 Å². The Bertz CT molecular complexity index is 1580. The average molecular weight is 566 g/mol. The topological polar surface area (TPSA) is 57.2 Å². The summed E-state index contributed by atoms with van der Waals surface area (Å²) in [5, 5.41) is 15.4. The Hall–Kier alpha value is -3.59. The van der Waals surface area contributed by atoms with Gasteiger partial charge in [0, 0.05) is 9.92 Å². The van der Waals surface area contributed by atoms with E-state index in [9.17, 15) is 4.39 Å². The third-order valence-electron chi connectivity index (χ3n) is 5.75. The molecule has 0 atom stereocenters. The van der Waals surface area contributed by atoms with Gasteiger partial charge in [-0.25, -0.2) is 13.8 Å². The number of rotatable bonds is 8. The smallest absolute Gasteiger partial charge is 0.147 e. The average Bonchev–Trinajstić information content (AvgIpc) is 3.39. The van der Waals surface area contributed by atoms with Crippen molar-refractivity contribution in [2.24, 2.45) is 5.16 Å². The van der Waals surface area contributed by atoms with Crippen LogP contribution >= 0.6 is 35.0 Å². The molecule has 3 aromatic carbocycles. The molecular formula is C28H22Cl2FN5OS. The largest absolute Gasteiger partial charge is 0.391 e. The van der Waals surface area contributed by atoms with E-state index in [4.69, 9.17) is 33.1 Å². The predicted octanol–water partition coefficient (Wildman–Crippen LogP) is 7.82. The summed E-state index contributed by atoms with van der Waals surface area (Å²) in [5.74, 6) is -0.286.